The molecule has 0 saturated carbocycles. The molecule has 0 aliphatic rings. The van der Waals surface area contributed by atoms with Crippen molar-refractivity contribution in [3.8, 4) is 0 Å². The molecule has 6 nitrogen and oxygen atoms in total. The van der Waals surface area contributed by atoms with Crippen LogP contribution in [0.3, 0.4) is 0 Å². The zero-order valence-corrected chi connectivity index (χ0v) is 11.3. The highest BCUT2D eigenvalue weighted by molar-refractivity contribution is 7.80. The van der Waals surface area contributed by atoms with Gasteiger partial charge in [0.1, 0.15) is 5.69 Å². The van der Waals surface area contributed by atoms with Crippen molar-refractivity contribution in [2.24, 2.45) is 11.5 Å². The minimum atomic E-state index is -0.421. The van der Waals surface area contributed by atoms with Crippen molar-refractivity contribution >= 4 is 29.1 Å². The Morgan fingerprint density at radius 1 is 1.05 bits per heavy atom. The van der Waals surface area contributed by atoms with E-state index >= 15 is 0 Å². The van der Waals surface area contributed by atoms with Crippen LogP contribution in [0, 0.1) is 0 Å². The number of aromatic nitrogens is 1. The maximum Gasteiger partial charge on any atom is 0.265 e. The molecule has 2 amide bonds. The van der Waals surface area contributed by atoms with Gasteiger partial charge in [0.05, 0.1) is 0 Å². The summed E-state index contributed by atoms with van der Waals surface area (Å²) in [5.41, 5.74) is 11.0. The van der Waals surface area contributed by atoms with E-state index in [4.69, 9.17) is 11.5 Å². The van der Waals surface area contributed by atoms with Gasteiger partial charge in [-0.2, -0.15) is 0 Å². The lowest BCUT2D eigenvalue weighted by molar-refractivity contribution is 0.0974. The zero-order valence-electron chi connectivity index (χ0n) is 10.5. The topological polar surface area (TPSA) is 114 Å². The van der Waals surface area contributed by atoms with Gasteiger partial charge in [0.2, 0.25) is 0 Å². The molecule has 0 radical (unpaired) electrons. The fourth-order valence-corrected chi connectivity index (χ4v) is 1.35. The Hall–Kier alpha value is -2.67. The summed E-state index contributed by atoms with van der Waals surface area (Å²) >= 11 is 4.52. The van der Waals surface area contributed by atoms with Crippen molar-refractivity contribution < 1.29 is 9.59 Å². The molecule has 0 saturated heterocycles. The molecule has 1 aromatic heterocycles. The number of rotatable bonds is 2. The minimum Gasteiger partial charge on any atom is -0.376 e. The molecule has 0 atom stereocenters. The summed E-state index contributed by atoms with van der Waals surface area (Å²) < 4.78 is 0. The average molecular weight is 290 g/mol. The largest absolute Gasteiger partial charge is 0.376 e. The summed E-state index contributed by atoms with van der Waals surface area (Å²) in [5, 5.41) is 2.32. The number of amides is 2. The fraction of sp³-hybridized carbons (Fsp3) is 0. The quantitative estimate of drug-likeness (QED) is 0.612. The van der Waals surface area contributed by atoms with Gasteiger partial charge in [0.15, 0.2) is 5.11 Å². The van der Waals surface area contributed by atoms with E-state index in [2.05, 4.69) is 22.5 Å². The van der Waals surface area contributed by atoms with Crippen molar-refractivity contribution in [1.29, 1.82) is 0 Å². The second-order valence-corrected chi connectivity index (χ2v) is 4.07. The molecule has 7 heteroatoms. The number of hydrogen-bond acceptors (Lipinski definition) is 3. The fourth-order valence-electron chi connectivity index (χ4n) is 1.26. The van der Waals surface area contributed by atoms with Gasteiger partial charge in [-0.3, -0.25) is 14.9 Å². The first-order valence-corrected chi connectivity index (χ1v) is 6.00. The minimum absolute atomic E-state index is 0.0103. The van der Waals surface area contributed by atoms with Crippen LogP contribution >= 0.6 is 12.2 Å². The number of primary amides is 1. The van der Waals surface area contributed by atoms with Crippen LogP contribution in [0.2, 0.25) is 0 Å². The van der Waals surface area contributed by atoms with Gasteiger partial charge in [-0.1, -0.05) is 18.2 Å². The first-order valence-electron chi connectivity index (χ1n) is 5.59. The standard InChI is InChI=1S/C8H8N2OS.C5H6N2O/c9-8(12)10-7(11)6-4-2-1-3-5-6;6-5(8)4-2-1-3-7-4/h1-5H,(H3,9,10,11,12);1-3,7H,(H2,6,8). The van der Waals surface area contributed by atoms with Gasteiger partial charge in [-0.15, -0.1) is 0 Å². The van der Waals surface area contributed by atoms with E-state index in [9.17, 15) is 9.59 Å². The molecule has 1 heterocycles. The van der Waals surface area contributed by atoms with Gasteiger partial charge >= 0.3 is 0 Å². The van der Waals surface area contributed by atoms with Crippen LogP contribution in [0.4, 0.5) is 0 Å². The molecule has 1 aromatic carbocycles. The van der Waals surface area contributed by atoms with E-state index in [1.165, 1.54) is 0 Å². The van der Waals surface area contributed by atoms with Crippen LogP contribution in [0.15, 0.2) is 48.7 Å². The smallest absolute Gasteiger partial charge is 0.265 e. The van der Waals surface area contributed by atoms with E-state index in [1.54, 1.807) is 42.6 Å². The Labute approximate surface area is 121 Å². The molecular weight excluding hydrogens is 276 g/mol. The maximum atomic E-state index is 11.2. The van der Waals surface area contributed by atoms with Crippen LogP contribution < -0.4 is 16.8 Å². The van der Waals surface area contributed by atoms with E-state index in [1.807, 2.05) is 6.07 Å². The lowest BCUT2D eigenvalue weighted by Gasteiger charge is -2.00. The number of benzene rings is 1. The SMILES string of the molecule is NC(=O)c1ccc[nH]1.NC(=S)NC(=O)c1ccccc1. The van der Waals surface area contributed by atoms with Gasteiger partial charge in [-0.05, 0) is 36.5 Å². The molecule has 0 aliphatic heterocycles. The van der Waals surface area contributed by atoms with Crippen LogP contribution in [-0.4, -0.2) is 21.9 Å². The second kappa shape index (κ2) is 7.70. The third-order valence-electron chi connectivity index (χ3n) is 2.14. The lowest BCUT2D eigenvalue weighted by atomic mass is 10.2. The van der Waals surface area contributed by atoms with Crippen LogP contribution in [-0.2, 0) is 0 Å². The number of H-pyrrole nitrogens is 1. The van der Waals surface area contributed by atoms with Gasteiger partial charge in [0.25, 0.3) is 11.8 Å². The number of nitrogens with two attached hydrogens (primary N) is 2. The number of carbonyl (C=O) groups excluding carboxylic acids is 2. The number of aromatic amines is 1. The van der Waals surface area contributed by atoms with E-state index in [0.717, 1.165) is 0 Å². The molecule has 0 spiro atoms. The van der Waals surface area contributed by atoms with Crippen molar-refractivity contribution in [3.05, 3.63) is 59.9 Å². The van der Waals surface area contributed by atoms with Gasteiger partial charge in [0, 0.05) is 11.8 Å². The first kappa shape index (κ1) is 15.4. The molecule has 0 bridgehead atoms. The van der Waals surface area contributed by atoms with Crippen molar-refractivity contribution in [2.45, 2.75) is 0 Å². The molecule has 0 aliphatic carbocycles. The third kappa shape index (κ3) is 5.32. The summed E-state index contributed by atoms with van der Waals surface area (Å²) in [7, 11) is 0. The molecule has 0 unspecified atom stereocenters. The Morgan fingerprint density at radius 2 is 1.70 bits per heavy atom. The highest BCUT2D eigenvalue weighted by Gasteiger charge is 2.03. The van der Waals surface area contributed by atoms with Crippen LogP contribution in [0.5, 0.6) is 0 Å². The highest BCUT2D eigenvalue weighted by atomic mass is 32.1. The predicted octanol–water partition coefficient (Wildman–Crippen LogP) is 0.774. The molecule has 6 N–H and O–H groups in total. The highest BCUT2D eigenvalue weighted by Crippen LogP contribution is 1.96. The molecule has 2 aromatic rings. The second-order valence-electron chi connectivity index (χ2n) is 3.63. The van der Waals surface area contributed by atoms with E-state index in [-0.39, 0.29) is 11.0 Å². The Kier molecular flexibility index (Phi) is 5.92. The molecular formula is C13H14N4O2S. The number of hydrogen-bond donors (Lipinski definition) is 4. The van der Waals surface area contributed by atoms with E-state index < -0.39 is 5.91 Å². The monoisotopic (exact) mass is 290 g/mol. The molecule has 2 rings (SSSR count). The third-order valence-corrected chi connectivity index (χ3v) is 2.24. The lowest BCUT2D eigenvalue weighted by Crippen LogP contribution is -2.34. The summed E-state index contributed by atoms with van der Waals surface area (Å²) in [4.78, 5) is 24.1. The Morgan fingerprint density at radius 3 is 2.10 bits per heavy atom. The van der Waals surface area contributed by atoms with Crippen LogP contribution in [0.25, 0.3) is 0 Å². The van der Waals surface area contributed by atoms with Crippen molar-refractivity contribution in [2.75, 3.05) is 0 Å². The van der Waals surface area contributed by atoms with E-state index in [0.29, 0.717) is 11.3 Å². The molecule has 0 fully saturated rings. The first-order chi connectivity index (χ1) is 9.50. The van der Waals surface area contributed by atoms with Crippen LogP contribution in [0.1, 0.15) is 20.8 Å². The van der Waals surface area contributed by atoms with Crippen molar-refractivity contribution in [3.63, 3.8) is 0 Å². The summed E-state index contributed by atoms with van der Waals surface area (Å²) in [6.07, 6.45) is 1.65. The number of thiocarbonyl (C=S) groups is 1. The van der Waals surface area contributed by atoms with Crippen molar-refractivity contribution in [1.82, 2.24) is 10.3 Å². The summed E-state index contributed by atoms with van der Waals surface area (Å²) in [5.74, 6) is -0.696. The van der Waals surface area contributed by atoms with Gasteiger partial charge in [-0.25, -0.2) is 0 Å². The Balaban J connectivity index is 0.000000217. The summed E-state index contributed by atoms with van der Waals surface area (Å²) in [6.45, 7) is 0. The van der Waals surface area contributed by atoms with Gasteiger partial charge < -0.3 is 16.5 Å². The average Bonchev–Trinajstić information content (AvgIpc) is 2.94. The maximum absolute atomic E-state index is 11.2. The number of nitrogens with one attached hydrogen (secondary N) is 2. The molecule has 104 valence electrons. The normalized spacial score (nSPS) is 9.00. The molecule has 20 heavy (non-hydrogen) atoms. The Bertz CT molecular complexity index is 582. The predicted molar refractivity (Wildman–Crippen MR) is 80.0 cm³/mol. The number of carbonyl (C=O) groups is 2. The zero-order chi connectivity index (χ0) is 15.0. The summed E-state index contributed by atoms with van der Waals surface area (Å²) in [6, 6.07) is 12.1.